The summed E-state index contributed by atoms with van der Waals surface area (Å²) in [5, 5.41) is 6.03. The first-order chi connectivity index (χ1) is 13.7. The van der Waals surface area contributed by atoms with E-state index in [0.29, 0.717) is 11.4 Å². The molecule has 0 fully saturated rings. The van der Waals surface area contributed by atoms with E-state index in [-0.39, 0.29) is 12.1 Å². The van der Waals surface area contributed by atoms with Crippen LogP contribution in [-0.2, 0) is 0 Å². The minimum Gasteiger partial charge on any atom is -0.327 e. The van der Waals surface area contributed by atoms with Crippen LogP contribution in [0.3, 0.4) is 0 Å². The first-order valence-electron chi connectivity index (χ1n) is 9.03. The summed E-state index contributed by atoms with van der Waals surface area (Å²) in [6.45, 7) is 5.35. The van der Waals surface area contributed by atoms with Crippen LogP contribution in [0.5, 0.6) is 0 Å². The Morgan fingerprint density at radius 3 is 2.32 bits per heavy atom. The zero-order chi connectivity index (χ0) is 19.5. The van der Waals surface area contributed by atoms with Gasteiger partial charge in [0.25, 0.3) is 0 Å². The van der Waals surface area contributed by atoms with Crippen molar-refractivity contribution in [3.05, 3.63) is 89.9 Å². The third kappa shape index (κ3) is 3.18. The number of allylic oxidation sites excluding steroid dienone is 1. The van der Waals surface area contributed by atoms with E-state index in [1.54, 1.807) is 18.5 Å². The summed E-state index contributed by atoms with van der Waals surface area (Å²) in [6, 6.07) is 19.4. The normalized spacial score (nSPS) is 12.8. The summed E-state index contributed by atoms with van der Waals surface area (Å²) < 4.78 is 0. The summed E-state index contributed by atoms with van der Waals surface area (Å²) in [4.78, 5) is 21.0. The van der Waals surface area contributed by atoms with Crippen molar-refractivity contribution in [2.24, 2.45) is 4.99 Å². The van der Waals surface area contributed by atoms with E-state index >= 15 is 0 Å². The topological polar surface area (TPSA) is 66.4 Å². The molecular weight excluding hydrogens is 348 g/mol. The van der Waals surface area contributed by atoms with E-state index in [1.807, 2.05) is 37.3 Å². The molecule has 1 aliphatic rings. The maximum absolute atomic E-state index is 12.8. The smallest absolute Gasteiger partial charge is 0.320 e. The number of nitrogens with one attached hydrogen (secondary N) is 2. The van der Waals surface area contributed by atoms with Gasteiger partial charge in [0.1, 0.15) is 0 Å². The molecule has 28 heavy (non-hydrogen) atoms. The molecule has 0 saturated carbocycles. The number of anilines is 1. The van der Waals surface area contributed by atoms with Crippen LogP contribution in [0.25, 0.3) is 16.7 Å². The summed E-state index contributed by atoms with van der Waals surface area (Å²) in [7, 11) is 0. The highest BCUT2D eigenvalue weighted by Crippen LogP contribution is 2.43. The maximum Gasteiger partial charge on any atom is 0.320 e. The van der Waals surface area contributed by atoms with Gasteiger partial charge in [0.05, 0.1) is 17.4 Å². The molecule has 138 valence electrons. The number of rotatable bonds is 4. The lowest BCUT2D eigenvalue weighted by Crippen LogP contribution is -2.32. The summed E-state index contributed by atoms with van der Waals surface area (Å²) >= 11 is 0. The molecule has 0 atom stereocenters. The van der Waals surface area contributed by atoms with E-state index in [1.165, 1.54) is 0 Å². The fourth-order valence-corrected chi connectivity index (χ4v) is 3.62. The number of benzene rings is 2. The molecule has 0 unspecified atom stereocenters. The van der Waals surface area contributed by atoms with Gasteiger partial charge in [0.15, 0.2) is 0 Å². The van der Waals surface area contributed by atoms with Gasteiger partial charge in [0.2, 0.25) is 0 Å². The number of carbonyl (C=O) groups is 1. The van der Waals surface area contributed by atoms with Crippen LogP contribution in [0.1, 0.15) is 29.8 Å². The lowest BCUT2D eigenvalue weighted by Gasteiger charge is -2.17. The van der Waals surface area contributed by atoms with Crippen molar-refractivity contribution in [1.82, 2.24) is 10.3 Å². The van der Waals surface area contributed by atoms with Gasteiger partial charge in [-0.25, -0.2) is 4.79 Å². The van der Waals surface area contributed by atoms with Crippen molar-refractivity contribution in [1.29, 1.82) is 0 Å². The monoisotopic (exact) mass is 368 g/mol. The van der Waals surface area contributed by atoms with Gasteiger partial charge in [0, 0.05) is 12.4 Å². The second kappa shape index (κ2) is 7.48. The molecule has 0 aliphatic heterocycles. The summed E-state index contributed by atoms with van der Waals surface area (Å²) in [5.41, 5.74) is 6.61. The molecule has 1 aromatic heterocycles. The number of pyridine rings is 1. The Hall–Kier alpha value is -3.73. The molecule has 5 nitrogen and oxygen atoms in total. The molecule has 2 aromatic carbocycles. The molecule has 1 heterocycles. The second-order valence-corrected chi connectivity index (χ2v) is 6.60. The highest BCUT2D eigenvalue weighted by molar-refractivity contribution is 5.93. The van der Waals surface area contributed by atoms with Crippen LogP contribution < -0.4 is 10.6 Å². The van der Waals surface area contributed by atoms with Gasteiger partial charge < -0.3 is 10.6 Å². The Bertz CT molecular complexity index is 1040. The Kier molecular flexibility index (Phi) is 4.72. The number of urea groups is 1. The van der Waals surface area contributed by atoms with Gasteiger partial charge in [-0.3, -0.25) is 9.98 Å². The fourth-order valence-electron chi connectivity index (χ4n) is 3.62. The molecule has 1 aliphatic carbocycles. The lowest BCUT2D eigenvalue weighted by atomic mass is 10.1. The molecular formula is C23H20N4O. The predicted octanol–water partition coefficient (Wildman–Crippen LogP) is 5.03. The van der Waals surface area contributed by atoms with Gasteiger partial charge in [-0.05, 0) is 53.6 Å². The fraction of sp³-hybridized carbons (Fsp3) is 0.0870. The molecule has 4 rings (SSSR count). The lowest BCUT2D eigenvalue weighted by molar-refractivity contribution is 0.250. The highest BCUT2D eigenvalue weighted by atomic mass is 16.2. The Morgan fingerprint density at radius 1 is 1.04 bits per heavy atom. The van der Waals surface area contributed by atoms with Gasteiger partial charge in [-0.15, -0.1) is 0 Å². The van der Waals surface area contributed by atoms with Gasteiger partial charge in [-0.2, -0.15) is 0 Å². The van der Waals surface area contributed by atoms with Crippen molar-refractivity contribution < 1.29 is 4.79 Å². The minimum absolute atomic E-state index is 0.195. The minimum atomic E-state index is -0.287. The third-order valence-electron chi connectivity index (χ3n) is 4.82. The average molecular weight is 368 g/mol. The van der Waals surface area contributed by atoms with E-state index < -0.39 is 0 Å². The summed E-state index contributed by atoms with van der Waals surface area (Å²) in [5.74, 6) is 0. The van der Waals surface area contributed by atoms with Crippen LogP contribution in [-0.4, -0.2) is 17.7 Å². The molecule has 5 heteroatoms. The van der Waals surface area contributed by atoms with Crippen LogP contribution in [0.4, 0.5) is 10.5 Å². The van der Waals surface area contributed by atoms with Crippen LogP contribution in [0.2, 0.25) is 0 Å². The number of fused-ring (bicyclic) bond motifs is 3. The SMILES string of the molecule is C=NC=C(C)c1ncccc1NC(=O)NC1c2ccccc2-c2ccccc21. The number of hydrogen-bond donors (Lipinski definition) is 2. The standard InChI is InChI=1S/C23H20N4O/c1-15(14-24-2)21-20(12-7-13-25-21)26-23(28)27-22-18-10-5-3-8-16(18)17-9-4-6-11-19(17)22/h3-14,22H,2H2,1H3,(H2,26,27,28). The molecule has 2 N–H and O–H groups in total. The van der Waals surface area contributed by atoms with Crippen LogP contribution >= 0.6 is 0 Å². The average Bonchev–Trinajstić information content (AvgIpc) is 3.03. The predicted molar refractivity (Wildman–Crippen MR) is 113 cm³/mol. The number of aliphatic imine (C=N–C) groups is 1. The van der Waals surface area contributed by atoms with E-state index in [2.05, 4.69) is 51.6 Å². The number of aromatic nitrogens is 1. The summed E-state index contributed by atoms with van der Waals surface area (Å²) in [6.07, 6.45) is 3.30. The quantitative estimate of drug-likeness (QED) is 0.634. The van der Waals surface area contributed by atoms with Crippen LogP contribution in [0.15, 0.2) is 78.1 Å². The van der Waals surface area contributed by atoms with Crippen molar-refractivity contribution in [3.63, 3.8) is 0 Å². The maximum atomic E-state index is 12.8. The Labute approximate surface area is 163 Å². The largest absolute Gasteiger partial charge is 0.327 e. The van der Waals surface area contributed by atoms with Crippen molar-refractivity contribution >= 4 is 24.0 Å². The van der Waals surface area contributed by atoms with Crippen molar-refractivity contribution in [3.8, 4) is 11.1 Å². The number of hydrogen-bond acceptors (Lipinski definition) is 3. The molecule has 0 bridgehead atoms. The first-order valence-corrected chi connectivity index (χ1v) is 9.03. The zero-order valence-electron chi connectivity index (χ0n) is 15.5. The number of nitrogens with zero attached hydrogens (tertiary/aromatic N) is 2. The number of amides is 2. The molecule has 0 saturated heterocycles. The van der Waals surface area contributed by atoms with E-state index in [0.717, 1.165) is 27.8 Å². The van der Waals surface area contributed by atoms with Gasteiger partial charge in [-0.1, -0.05) is 48.5 Å². The molecule has 0 spiro atoms. The molecule has 2 amide bonds. The first kappa shape index (κ1) is 17.7. The van der Waals surface area contributed by atoms with Gasteiger partial charge >= 0.3 is 6.03 Å². The Morgan fingerprint density at radius 2 is 1.68 bits per heavy atom. The van der Waals surface area contributed by atoms with E-state index in [9.17, 15) is 4.79 Å². The Balaban J connectivity index is 1.61. The molecule has 0 radical (unpaired) electrons. The zero-order valence-corrected chi connectivity index (χ0v) is 15.5. The van der Waals surface area contributed by atoms with Crippen molar-refractivity contribution in [2.45, 2.75) is 13.0 Å². The second-order valence-electron chi connectivity index (χ2n) is 6.60. The van der Waals surface area contributed by atoms with Crippen LogP contribution in [0, 0.1) is 0 Å². The van der Waals surface area contributed by atoms with E-state index in [4.69, 9.17) is 0 Å². The van der Waals surface area contributed by atoms with Crippen molar-refractivity contribution in [2.75, 3.05) is 5.32 Å². The highest BCUT2D eigenvalue weighted by Gasteiger charge is 2.29. The number of carbonyl (C=O) groups excluding carboxylic acids is 1. The molecule has 3 aromatic rings. The third-order valence-corrected chi connectivity index (χ3v) is 4.82.